The number of nitrogens with zero attached hydrogens (tertiary/aromatic N) is 1. The number of phenols is 3. The number of benzene rings is 4. The summed E-state index contributed by atoms with van der Waals surface area (Å²) >= 11 is 0. The lowest BCUT2D eigenvalue weighted by atomic mass is 10.0. The molecule has 0 heterocycles. The quantitative estimate of drug-likeness (QED) is 0.277. The Morgan fingerprint density at radius 3 is 1.57 bits per heavy atom. The summed E-state index contributed by atoms with van der Waals surface area (Å²) in [6.07, 6.45) is 0. The maximum absolute atomic E-state index is 10.7. The number of hydrogen-bond donors (Lipinski definition) is 3. The van der Waals surface area contributed by atoms with Crippen LogP contribution in [0.3, 0.4) is 0 Å². The van der Waals surface area contributed by atoms with Crippen LogP contribution in [-0.4, -0.2) is 15.3 Å². The maximum Gasteiger partial charge on any atom is 0.130 e. The van der Waals surface area contributed by atoms with Gasteiger partial charge in [-0.2, -0.15) is 0 Å². The number of anilines is 3. The SMILES string of the molecule is Cc1ccc(N(c2ccc(Oc3ccc(O)c(C)c3C)cc2)c2ccc(C)c(O)c2C)c(C)c1O. The molecule has 0 radical (unpaired) electrons. The summed E-state index contributed by atoms with van der Waals surface area (Å²) in [6.45, 7) is 11.3. The van der Waals surface area contributed by atoms with Crippen LogP contribution in [0.1, 0.15) is 33.4 Å². The van der Waals surface area contributed by atoms with Crippen molar-refractivity contribution >= 4 is 17.1 Å². The van der Waals surface area contributed by atoms with Crippen LogP contribution in [0.4, 0.5) is 17.1 Å². The molecule has 0 spiro atoms. The van der Waals surface area contributed by atoms with Crippen molar-refractivity contribution in [1.29, 1.82) is 0 Å². The lowest BCUT2D eigenvalue weighted by Crippen LogP contribution is -2.13. The van der Waals surface area contributed by atoms with Crippen molar-refractivity contribution in [2.75, 3.05) is 4.90 Å². The second-order valence-corrected chi connectivity index (χ2v) is 9.01. The largest absolute Gasteiger partial charge is 0.508 e. The van der Waals surface area contributed by atoms with E-state index in [0.29, 0.717) is 11.5 Å². The minimum absolute atomic E-state index is 0.245. The van der Waals surface area contributed by atoms with Crippen molar-refractivity contribution in [3.05, 3.63) is 94.0 Å². The molecule has 0 bridgehead atoms. The first-order chi connectivity index (χ1) is 16.6. The van der Waals surface area contributed by atoms with Crippen LogP contribution in [0, 0.1) is 41.5 Å². The van der Waals surface area contributed by atoms with Crippen molar-refractivity contribution in [3.63, 3.8) is 0 Å². The van der Waals surface area contributed by atoms with Gasteiger partial charge in [0.05, 0.1) is 11.4 Å². The molecule has 4 aromatic carbocycles. The van der Waals surface area contributed by atoms with Crippen LogP contribution in [0.15, 0.2) is 60.7 Å². The first-order valence-electron chi connectivity index (χ1n) is 11.6. The lowest BCUT2D eigenvalue weighted by molar-refractivity contribution is 0.457. The monoisotopic (exact) mass is 469 g/mol. The molecule has 4 rings (SSSR count). The number of ether oxygens (including phenoxy) is 1. The zero-order valence-corrected chi connectivity index (χ0v) is 21.0. The molecule has 0 fully saturated rings. The van der Waals surface area contributed by atoms with Crippen LogP contribution in [0.2, 0.25) is 0 Å². The van der Waals surface area contributed by atoms with Crippen LogP contribution >= 0.6 is 0 Å². The minimum Gasteiger partial charge on any atom is -0.508 e. The molecule has 0 saturated carbocycles. The van der Waals surface area contributed by atoms with E-state index in [9.17, 15) is 15.3 Å². The number of aromatic hydroxyl groups is 3. The third-order valence-corrected chi connectivity index (χ3v) is 6.72. The van der Waals surface area contributed by atoms with Crippen LogP contribution in [0.5, 0.6) is 28.7 Å². The average molecular weight is 470 g/mol. The van der Waals surface area contributed by atoms with E-state index >= 15 is 0 Å². The minimum atomic E-state index is 0.245. The Labute approximate surface area is 206 Å². The summed E-state index contributed by atoms with van der Waals surface area (Å²) in [7, 11) is 0. The second kappa shape index (κ2) is 9.26. The molecular formula is C30H31NO4. The van der Waals surface area contributed by atoms with Gasteiger partial charge in [0.2, 0.25) is 0 Å². The van der Waals surface area contributed by atoms with E-state index < -0.39 is 0 Å². The normalized spacial score (nSPS) is 10.9. The Kier molecular flexibility index (Phi) is 6.35. The van der Waals surface area contributed by atoms with Gasteiger partial charge in [0.25, 0.3) is 0 Å². The van der Waals surface area contributed by atoms with E-state index in [-0.39, 0.29) is 17.2 Å². The van der Waals surface area contributed by atoms with E-state index in [1.165, 1.54) is 0 Å². The molecule has 35 heavy (non-hydrogen) atoms. The number of phenolic OH excluding ortho intramolecular Hbond substituents is 3. The fourth-order valence-corrected chi connectivity index (χ4v) is 4.22. The van der Waals surface area contributed by atoms with E-state index in [0.717, 1.165) is 50.4 Å². The van der Waals surface area contributed by atoms with Crippen LogP contribution < -0.4 is 9.64 Å². The van der Waals surface area contributed by atoms with Crippen LogP contribution in [-0.2, 0) is 0 Å². The molecule has 0 aliphatic carbocycles. The van der Waals surface area contributed by atoms with Gasteiger partial charge in [-0.1, -0.05) is 12.1 Å². The van der Waals surface area contributed by atoms with E-state index in [2.05, 4.69) is 0 Å². The first kappa shape index (κ1) is 24.0. The Balaban J connectivity index is 1.80. The summed E-state index contributed by atoms with van der Waals surface area (Å²) in [6, 6.07) is 18.8. The molecule has 0 aliphatic heterocycles. The molecule has 0 atom stereocenters. The summed E-state index contributed by atoms with van der Waals surface area (Å²) in [5, 5.41) is 31.2. The summed E-state index contributed by atoms with van der Waals surface area (Å²) in [5.41, 5.74) is 7.27. The molecule has 5 nitrogen and oxygen atoms in total. The van der Waals surface area contributed by atoms with Crippen molar-refractivity contribution < 1.29 is 20.1 Å². The van der Waals surface area contributed by atoms with Crippen molar-refractivity contribution in [2.24, 2.45) is 0 Å². The molecule has 4 aromatic rings. The molecule has 5 heteroatoms. The van der Waals surface area contributed by atoms with Gasteiger partial charge in [0, 0.05) is 16.8 Å². The van der Waals surface area contributed by atoms with Gasteiger partial charge in [-0.15, -0.1) is 0 Å². The van der Waals surface area contributed by atoms with Crippen molar-refractivity contribution in [2.45, 2.75) is 41.5 Å². The fourth-order valence-electron chi connectivity index (χ4n) is 4.22. The Morgan fingerprint density at radius 2 is 1.06 bits per heavy atom. The third kappa shape index (κ3) is 4.37. The third-order valence-electron chi connectivity index (χ3n) is 6.72. The molecule has 0 amide bonds. The van der Waals surface area contributed by atoms with E-state index in [1.807, 2.05) is 95.0 Å². The molecule has 180 valence electrons. The smallest absolute Gasteiger partial charge is 0.130 e. The number of rotatable bonds is 5. The van der Waals surface area contributed by atoms with Gasteiger partial charge in [-0.3, -0.25) is 0 Å². The van der Waals surface area contributed by atoms with E-state index in [1.54, 1.807) is 12.1 Å². The second-order valence-electron chi connectivity index (χ2n) is 9.01. The highest BCUT2D eigenvalue weighted by atomic mass is 16.5. The van der Waals surface area contributed by atoms with Crippen molar-refractivity contribution in [3.8, 4) is 28.7 Å². The fraction of sp³-hybridized carbons (Fsp3) is 0.200. The molecule has 0 unspecified atom stereocenters. The molecule has 0 saturated heterocycles. The Bertz CT molecular complexity index is 1350. The average Bonchev–Trinajstić information content (AvgIpc) is 2.85. The number of aryl methyl sites for hydroxylation is 2. The predicted molar refractivity (Wildman–Crippen MR) is 141 cm³/mol. The van der Waals surface area contributed by atoms with Gasteiger partial charge in [-0.25, -0.2) is 0 Å². The zero-order valence-electron chi connectivity index (χ0n) is 21.0. The zero-order chi connectivity index (χ0) is 25.4. The molecule has 0 aliphatic rings. The first-order valence-corrected chi connectivity index (χ1v) is 11.6. The van der Waals surface area contributed by atoms with Gasteiger partial charge < -0.3 is 25.0 Å². The topological polar surface area (TPSA) is 73.2 Å². The van der Waals surface area contributed by atoms with Crippen LogP contribution in [0.25, 0.3) is 0 Å². The lowest BCUT2D eigenvalue weighted by Gasteiger charge is -2.29. The van der Waals surface area contributed by atoms with Gasteiger partial charge in [-0.05, 0) is 112 Å². The molecule has 3 N–H and O–H groups in total. The highest BCUT2D eigenvalue weighted by Crippen LogP contribution is 2.44. The summed E-state index contributed by atoms with van der Waals surface area (Å²) < 4.78 is 6.10. The van der Waals surface area contributed by atoms with Gasteiger partial charge in [0.1, 0.15) is 28.7 Å². The highest BCUT2D eigenvalue weighted by Gasteiger charge is 2.21. The van der Waals surface area contributed by atoms with Gasteiger partial charge >= 0.3 is 0 Å². The Morgan fingerprint density at radius 1 is 0.543 bits per heavy atom. The summed E-state index contributed by atoms with van der Waals surface area (Å²) in [4.78, 5) is 2.03. The standard InChI is InChI=1S/C30H31NO4/c1-17-7-13-25(21(5)29(17)33)31(26-14-8-18(2)30(34)22(26)6)23-9-11-24(12-10-23)35-28-16-15-27(32)19(3)20(28)4/h7-16,32-34H,1-6H3. The van der Waals surface area contributed by atoms with Gasteiger partial charge in [0.15, 0.2) is 0 Å². The van der Waals surface area contributed by atoms with Crippen molar-refractivity contribution in [1.82, 2.24) is 0 Å². The maximum atomic E-state index is 10.7. The molecular weight excluding hydrogens is 438 g/mol. The summed E-state index contributed by atoms with van der Waals surface area (Å²) in [5.74, 6) is 2.09. The Hall–Kier alpha value is -4.12. The van der Waals surface area contributed by atoms with E-state index in [4.69, 9.17) is 4.74 Å². The molecule has 0 aromatic heterocycles. The number of hydrogen-bond acceptors (Lipinski definition) is 5. The predicted octanol–water partition coefficient (Wildman–Crippen LogP) is 7.92. The highest BCUT2D eigenvalue weighted by molar-refractivity contribution is 5.82.